The number of benzene rings is 1. The van der Waals surface area contributed by atoms with Crippen molar-refractivity contribution in [2.75, 3.05) is 0 Å². The van der Waals surface area contributed by atoms with E-state index < -0.39 is 12.1 Å². The molecule has 0 amide bonds. The van der Waals surface area contributed by atoms with Crippen LogP contribution in [0, 0.1) is 3.57 Å². The molecule has 3 nitrogen and oxygen atoms in total. The van der Waals surface area contributed by atoms with Gasteiger partial charge in [0.1, 0.15) is 5.75 Å². The van der Waals surface area contributed by atoms with Gasteiger partial charge in [-0.05, 0) is 47.7 Å². The largest absolute Gasteiger partial charge is 0.479 e. The van der Waals surface area contributed by atoms with E-state index in [1.807, 2.05) is 0 Å². The molecule has 0 fully saturated rings. The van der Waals surface area contributed by atoms with E-state index >= 15 is 0 Å². The average molecular weight is 327 g/mol. The second kappa shape index (κ2) is 4.84. The van der Waals surface area contributed by atoms with Crippen LogP contribution in [0.15, 0.2) is 18.2 Å². The van der Waals surface area contributed by atoms with Gasteiger partial charge in [0, 0.05) is 3.57 Å². The molecule has 1 unspecified atom stereocenters. The molecule has 0 aromatic heterocycles. The molecule has 0 bridgehead atoms. The van der Waals surface area contributed by atoms with Crippen LogP contribution in [0.5, 0.6) is 5.75 Å². The number of hydrogen-bond donors (Lipinski definition) is 1. The summed E-state index contributed by atoms with van der Waals surface area (Å²) in [5.41, 5.74) is 0. The molecule has 0 saturated heterocycles. The molecule has 0 aliphatic carbocycles. The molecule has 0 aliphatic rings. The van der Waals surface area contributed by atoms with Gasteiger partial charge in [-0.15, -0.1) is 0 Å². The normalized spacial score (nSPS) is 12.2. The van der Waals surface area contributed by atoms with Crippen LogP contribution in [0.4, 0.5) is 0 Å². The number of carboxylic acid groups (broad SMARTS) is 1. The van der Waals surface area contributed by atoms with Gasteiger partial charge in [-0.1, -0.05) is 11.6 Å². The summed E-state index contributed by atoms with van der Waals surface area (Å²) in [6, 6.07) is 5.17. The van der Waals surface area contributed by atoms with Gasteiger partial charge >= 0.3 is 5.97 Å². The number of carbonyl (C=O) groups is 1. The van der Waals surface area contributed by atoms with E-state index in [0.29, 0.717) is 10.8 Å². The summed E-state index contributed by atoms with van der Waals surface area (Å²) in [6.07, 6.45) is -0.896. The summed E-state index contributed by atoms with van der Waals surface area (Å²) >= 11 is 7.97. The summed E-state index contributed by atoms with van der Waals surface area (Å²) in [5.74, 6) is -0.624. The van der Waals surface area contributed by atoms with Crippen LogP contribution in [0.1, 0.15) is 6.92 Å². The van der Waals surface area contributed by atoms with E-state index in [1.54, 1.807) is 18.2 Å². The van der Waals surface area contributed by atoms with Gasteiger partial charge in [0.2, 0.25) is 0 Å². The van der Waals surface area contributed by atoms with Gasteiger partial charge in [-0.25, -0.2) is 4.79 Å². The van der Waals surface area contributed by atoms with Gasteiger partial charge in [0.15, 0.2) is 6.10 Å². The predicted molar refractivity (Wildman–Crippen MR) is 61.9 cm³/mol. The molecule has 0 spiro atoms. The highest BCUT2D eigenvalue weighted by molar-refractivity contribution is 14.1. The zero-order valence-corrected chi connectivity index (χ0v) is 10.2. The molecule has 0 radical (unpaired) electrons. The second-order valence-electron chi connectivity index (χ2n) is 2.67. The lowest BCUT2D eigenvalue weighted by Gasteiger charge is -2.11. The molecular formula is C9H8ClIO3. The SMILES string of the molecule is CC(Oc1ccc(I)cc1Cl)C(=O)O. The maximum absolute atomic E-state index is 10.5. The minimum atomic E-state index is -1.01. The molecule has 1 atom stereocenters. The molecular weight excluding hydrogens is 318 g/mol. The van der Waals surface area contributed by atoms with E-state index in [4.69, 9.17) is 21.4 Å². The zero-order valence-electron chi connectivity index (χ0n) is 7.33. The number of ether oxygens (including phenoxy) is 1. The zero-order chi connectivity index (χ0) is 10.7. The number of carboxylic acids is 1. The summed E-state index contributed by atoms with van der Waals surface area (Å²) in [5, 5.41) is 9.04. The van der Waals surface area contributed by atoms with Crippen molar-refractivity contribution in [3.63, 3.8) is 0 Å². The molecule has 14 heavy (non-hydrogen) atoms. The standard InChI is InChI=1S/C9H8ClIO3/c1-5(9(12)13)14-8-3-2-6(11)4-7(8)10/h2-5H,1H3,(H,12,13). The van der Waals surface area contributed by atoms with Crippen LogP contribution < -0.4 is 4.74 Å². The minimum Gasteiger partial charge on any atom is -0.479 e. The topological polar surface area (TPSA) is 46.5 Å². The van der Waals surface area contributed by atoms with Crippen LogP contribution >= 0.6 is 34.2 Å². The van der Waals surface area contributed by atoms with Crippen molar-refractivity contribution >= 4 is 40.2 Å². The van der Waals surface area contributed by atoms with Crippen molar-refractivity contribution in [3.05, 3.63) is 26.8 Å². The van der Waals surface area contributed by atoms with Crippen molar-refractivity contribution in [3.8, 4) is 5.75 Å². The summed E-state index contributed by atoms with van der Waals surface area (Å²) in [6.45, 7) is 1.45. The summed E-state index contributed by atoms with van der Waals surface area (Å²) in [7, 11) is 0. The predicted octanol–water partition coefficient (Wildman–Crippen LogP) is 2.80. The molecule has 76 valence electrons. The van der Waals surface area contributed by atoms with Crippen LogP contribution in [0.3, 0.4) is 0 Å². The van der Waals surface area contributed by atoms with E-state index in [2.05, 4.69) is 22.6 Å². The maximum atomic E-state index is 10.5. The van der Waals surface area contributed by atoms with E-state index in [9.17, 15) is 4.79 Å². The quantitative estimate of drug-likeness (QED) is 0.869. The van der Waals surface area contributed by atoms with Gasteiger partial charge in [0.25, 0.3) is 0 Å². The van der Waals surface area contributed by atoms with E-state index in [1.165, 1.54) is 6.92 Å². The fourth-order valence-electron chi connectivity index (χ4n) is 0.812. The summed E-state index contributed by atoms with van der Waals surface area (Å²) < 4.78 is 6.10. The van der Waals surface area contributed by atoms with Gasteiger partial charge in [0.05, 0.1) is 5.02 Å². The molecule has 0 heterocycles. The fourth-order valence-corrected chi connectivity index (χ4v) is 1.71. The first-order chi connectivity index (χ1) is 6.50. The van der Waals surface area contributed by atoms with Crippen LogP contribution in [-0.4, -0.2) is 17.2 Å². The molecule has 0 aliphatic heterocycles. The molecule has 1 aromatic rings. The number of aliphatic carboxylic acids is 1. The highest BCUT2D eigenvalue weighted by Crippen LogP contribution is 2.26. The Hall–Kier alpha value is -0.490. The van der Waals surface area contributed by atoms with Crippen molar-refractivity contribution in [2.24, 2.45) is 0 Å². The first-order valence-corrected chi connectivity index (χ1v) is 5.31. The number of hydrogen-bond acceptors (Lipinski definition) is 2. The molecule has 1 N–H and O–H groups in total. The van der Waals surface area contributed by atoms with Crippen molar-refractivity contribution in [1.82, 2.24) is 0 Å². The lowest BCUT2D eigenvalue weighted by Crippen LogP contribution is -2.22. The lowest BCUT2D eigenvalue weighted by atomic mass is 10.3. The van der Waals surface area contributed by atoms with Gasteiger partial charge < -0.3 is 9.84 Å². The third-order valence-corrected chi connectivity index (χ3v) is 2.51. The van der Waals surface area contributed by atoms with Crippen molar-refractivity contribution in [2.45, 2.75) is 13.0 Å². The Morgan fingerprint density at radius 3 is 2.79 bits per heavy atom. The molecule has 1 rings (SSSR count). The Labute approximate surface area is 100 Å². The first kappa shape index (κ1) is 11.6. The third kappa shape index (κ3) is 3.02. The minimum absolute atomic E-state index is 0.391. The molecule has 5 heteroatoms. The third-order valence-electron chi connectivity index (χ3n) is 1.55. The Morgan fingerprint density at radius 1 is 1.64 bits per heavy atom. The van der Waals surface area contributed by atoms with Crippen LogP contribution in [0.25, 0.3) is 0 Å². The van der Waals surface area contributed by atoms with Gasteiger partial charge in [-0.3, -0.25) is 0 Å². The second-order valence-corrected chi connectivity index (χ2v) is 4.33. The number of halogens is 2. The highest BCUT2D eigenvalue weighted by Gasteiger charge is 2.14. The van der Waals surface area contributed by atoms with E-state index in [0.717, 1.165) is 3.57 Å². The Kier molecular flexibility index (Phi) is 4.00. The first-order valence-electron chi connectivity index (χ1n) is 3.85. The molecule has 1 aromatic carbocycles. The van der Waals surface area contributed by atoms with Crippen LogP contribution in [-0.2, 0) is 4.79 Å². The molecule has 0 saturated carbocycles. The number of rotatable bonds is 3. The smallest absolute Gasteiger partial charge is 0.344 e. The summed E-state index contributed by atoms with van der Waals surface area (Å²) in [4.78, 5) is 10.5. The van der Waals surface area contributed by atoms with Crippen molar-refractivity contribution < 1.29 is 14.6 Å². The fraction of sp³-hybridized carbons (Fsp3) is 0.222. The van der Waals surface area contributed by atoms with Crippen LogP contribution in [0.2, 0.25) is 5.02 Å². The Balaban J connectivity index is 2.82. The average Bonchev–Trinajstić information content (AvgIpc) is 2.09. The Bertz CT molecular complexity index is 354. The van der Waals surface area contributed by atoms with E-state index in [-0.39, 0.29) is 0 Å². The van der Waals surface area contributed by atoms with Crippen molar-refractivity contribution in [1.29, 1.82) is 0 Å². The lowest BCUT2D eigenvalue weighted by molar-refractivity contribution is -0.144. The maximum Gasteiger partial charge on any atom is 0.344 e. The monoisotopic (exact) mass is 326 g/mol. The Morgan fingerprint density at radius 2 is 2.29 bits per heavy atom. The highest BCUT2D eigenvalue weighted by atomic mass is 127. The van der Waals surface area contributed by atoms with Gasteiger partial charge in [-0.2, -0.15) is 0 Å².